The number of non-ortho nitro benzene ring substituents is 1. The maximum absolute atomic E-state index is 12.7. The highest BCUT2D eigenvalue weighted by atomic mass is 32.1. The smallest absolute Gasteiger partial charge is 0.270 e. The van der Waals surface area contributed by atoms with Crippen LogP contribution >= 0.6 is 11.3 Å². The molecule has 10 nitrogen and oxygen atoms in total. The van der Waals surface area contributed by atoms with Crippen LogP contribution in [0.5, 0.6) is 0 Å². The summed E-state index contributed by atoms with van der Waals surface area (Å²) >= 11 is 1.52. The third-order valence-corrected chi connectivity index (χ3v) is 6.23. The maximum Gasteiger partial charge on any atom is 0.270 e. The topological polar surface area (TPSA) is 121 Å². The van der Waals surface area contributed by atoms with Crippen LogP contribution in [0.1, 0.15) is 25.6 Å². The summed E-state index contributed by atoms with van der Waals surface area (Å²) < 4.78 is 0. The molecule has 1 saturated heterocycles. The fourth-order valence-electron chi connectivity index (χ4n) is 3.65. The van der Waals surface area contributed by atoms with E-state index < -0.39 is 29.2 Å². The van der Waals surface area contributed by atoms with Crippen LogP contribution in [-0.2, 0) is 16.0 Å². The highest BCUT2D eigenvalue weighted by Crippen LogP contribution is 2.26. The van der Waals surface area contributed by atoms with E-state index in [0.717, 1.165) is 21.9 Å². The van der Waals surface area contributed by atoms with Gasteiger partial charge in [-0.3, -0.25) is 34.2 Å². The fourth-order valence-corrected chi connectivity index (χ4v) is 4.35. The molecule has 2 aliphatic rings. The van der Waals surface area contributed by atoms with Crippen LogP contribution in [0.4, 0.5) is 5.69 Å². The summed E-state index contributed by atoms with van der Waals surface area (Å²) in [5.41, 5.74) is -0.320. The zero-order valence-corrected chi connectivity index (χ0v) is 17.2. The Hall–Kier alpha value is -3.60. The van der Waals surface area contributed by atoms with Crippen LogP contribution in [0.2, 0.25) is 0 Å². The van der Waals surface area contributed by atoms with Crippen molar-refractivity contribution in [2.75, 3.05) is 32.7 Å². The second kappa shape index (κ2) is 8.26. The molecule has 2 aliphatic heterocycles. The van der Waals surface area contributed by atoms with Gasteiger partial charge in [0.25, 0.3) is 17.5 Å². The number of fused-ring (bicyclic) bond motifs is 1. The Morgan fingerprint density at radius 3 is 2.23 bits per heavy atom. The van der Waals surface area contributed by atoms with Crippen LogP contribution in [0.25, 0.3) is 0 Å². The average molecular weight is 442 g/mol. The van der Waals surface area contributed by atoms with E-state index in [4.69, 9.17) is 0 Å². The van der Waals surface area contributed by atoms with Crippen molar-refractivity contribution >= 4 is 40.7 Å². The molecule has 4 rings (SSSR count). The number of hydrogen-bond donors (Lipinski definition) is 0. The zero-order chi connectivity index (χ0) is 22.1. The first-order valence-electron chi connectivity index (χ1n) is 9.57. The van der Waals surface area contributed by atoms with E-state index in [1.165, 1.54) is 22.3 Å². The van der Waals surface area contributed by atoms with Gasteiger partial charge < -0.3 is 9.80 Å². The number of carbonyl (C=O) groups excluding carboxylic acids is 4. The van der Waals surface area contributed by atoms with Gasteiger partial charge in [0.05, 0.1) is 22.5 Å². The van der Waals surface area contributed by atoms with Crippen molar-refractivity contribution in [2.24, 2.45) is 0 Å². The summed E-state index contributed by atoms with van der Waals surface area (Å²) in [5.74, 6) is -1.78. The number of nitrogens with zero attached hydrogens (tertiary/aromatic N) is 4. The predicted octanol–water partition coefficient (Wildman–Crippen LogP) is 1.17. The van der Waals surface area contributed by atoms with Gasteiger partial charge in [-0.1, -0.05) is 6.07 Å². The molecule has 11 heteroatoms. The second-order valence-corrected chi connectivity index (χ2v) is 8.23. The molecule has 0 atom stereocenters. The molecule has 0 radical (unpaired) electrons. The van der Waals surface area contributed by atoms with Gasteiger partial charge in [-0.15, -0.1) is 11.3 Å². The number of hydrogen-bond acceptors (Lipinski definition) is 7. The van der Waals surface area contributed by atoms with Gasteiger partial charge in [0, 0.05) is 43.2 Å². The third kappa shape index (κ3) is 4.04. The second-order valence-electron chi connectivity index (χ2n) is 7.20. The number of thiophene rings is 1. The molecule has 160 valence electrons. The molecule has 0 N–H and O–H groups in total. The third-order valence-electron chi connectivity index (χ3n) is 5.35. The number of benzene rings is 1. The van der Waals surface area contributed by atoms with E-state index in [9.17, 15) is 29.3 Å². The van der Waals surface area contributed by atoms with E-state index in [1.54, 1.807) is 4.90 Å². The van der Waals surface area contributed by atoms with Crippen LogP contribution in [0.15, 0.2) is 35.7 Å². The number of imide groups is 1. The molecule has 0 aliphatic carbocycles. The molecular weight excluding hydrogens is 424 g/mol. The monoisotopic (exact) mass is 442 g/mol. The summed E-state index contributed by atoms with van der Waals surface area (Å²) in [6, 6.07) is 7.23. The summed E-state index contributed by atoms with van der Waals surface area (Å²) in [7, 11) is 0. The van der Waals surface area contributed by atoms with E-state index >= 15 is 0 Å². The first kappa shape index (κ1) is 20.7. The number of nitro groups is 1. The van der Waals surface area contributed by atoms with Crippen molar-refractivity contribution in [1.82, 2.24) is 14.7 Å². The number of piperazine rings is 1. The Morgan fingerprint density at radius 2 is 1.61 bits per heavy atom. The van der Waals surface area contributed by atoms with Gasteiger partial charge in [0.15, 0.2) is 0 Å². The van der Waals surface area contributed by atoms with Crippen LogP contribution in [0.3, 0.4) is 0 Å². The van der Waals surface area contributed by atoms with Crippen molar-refractivity contribution in [3.05, 3.63) is 61.8 Å². The fraction of sp³-hybridized carbons (Fsp3) is 0.300. The van der Waals surface area contributed by atoms with Crippen molar-refractivity contribution in [2.45, 2.75) is 6.42 Å². The first-order chi connectivity index (χ1) is 14.8. The number of amides is 4. The lowest BCUT2D eigenvalue weighted by Gasteiger charge is -2.35. The SMILES string of the molecule is O=C(Cc1cccs1)N1CCN(C(=O)CN2C(=O)c3ccc([N+](=O)[O-])cc3C2=O)CC1. The highest BCUT2D eigenvalue weighted by Gasteiger charge is 2.39. The first-order valence-corrected chi connectivity index (χ1v) is 10.5. The van der Waals surface area contributed by atoms with E-state index in [-0.39, 0.29) is 22.7 Å². The Kier molecular flexibility index (Phi) is 5.51. The molecule has 1 fully saturated rings. The molecule has 0 saturated carbocycles. The van der Waals surface area contributed by atoms with E-state index in [0.29, 0.717) is 32.6 Å². The van der Waals surface area contributed by atoms with Crippen molar-refractivity contribution < 1.29 is 24.1 Å². The molecule has 31 heavy (non-hydrogen) atoms. The largest absolute Gasteiger partial charge is 0.339 e. The average Bonchev–Trinajstić information content (AvgIpc) is 3.36. The standard InChI is InChI=1S/C20H18N4O6S/c25-17(11-14-2-1-9-31-14)21-5-7-22(8-6-21)18(26)12-23-19(27)15-4-3-13(24(29)30)10-16(15)20(23)28/h1-4,9-10H,5-8,11-12H2. The van der Waals surface area contributed by atoms with E-state index in [2.05, 4.69) is 0 Å². The highest BCUT2D eigenvalue weighted by molar-refractivity contribution is 7.10. The lowest BCUT2D eigenvalue weighted by Crippen LogP contribution is -2.53. The summed E-state index contributed by atoms with van der Waals surface area (Å²) in [6.45, 7) is 0.936. The Morgan fingerprint density at radius 1 is 0.968 bits per heavy atom. The molecule has 2 aromatic rings. The maximum atomic E-state index is 12.7. The molecular formula is C20H18N4O6S. The molecule has 1 aromatic heterocycles. The summed E-state index contributed by atoms with van der Waals surface area (Å²) in [6.07, 6.45) is 0.326. The Balaban J connectivity index is 1.35. The van der Waals surface area contributed by atoms with Gasteiger partial charge in [-0.25, -0.2) is 0 Å². The minimum Gasteiger partial charge on any atom is -0.339 e. The van der Waals surface area contributed by atoms with Gasteiger partial charge in [0.2, 0.25) is 11.8 Å². The number of rotatable bonds is 5. The predicted molar refractivity (Wildman–Crippen MR) is 110 cm³/mol. The lowest BCUT2D eigenvalue weighted by molar-refractivity contribution is -0.384. The lowest BCUT2D eigenvalue weighted by atomic mass is 10.1. The van der Waals surface area contributed by atoms with Gasteiger partial charge in [-0.2, -0.15) is 0 Å². The summed E-state index contributed by atoms with van der Waals surface area (Å²) in [4.78, 5) is 65.4. The van der Waals surface area contributed by atoms with Crippen LogP contribution in [-0.4, -0.2) is 76.0 Å². The molecule has 0 unspecified atom stereocenters. The number of nitro benzene ring substituents is 1. The Labute approximate surface area is 180 Å². The van der Waals surface area contributed by atoms with Crippen molar-refractivity contribution in [1.29, 1.82) is 0 Å². The Bertz CT molecular complexity index is 1080. The minimum absolute atomic E-state index is 0.00325. The van der Waals surface area contributed by atoms with Crippen molar-refractivity contribution in [3.8, 4) is 0 Å². The minimum atomic E-state index is -0.721. The normalized spacial score (nSPS) is 15.9. The van der Waals surface area contributed by atoms with Gasteiger partial charge in [0.1, 0.15) is 6.54 Å². The molecule has 1 aromatic carbocycles. The molecule has 3 heterocycles. The van der Waals surface area contributed by atoms with Crippen LogP contribution in [0, 0.1) is 10.1 Å². The molecule has 0 bridgehead atoms. The van der Waals surface area contributed by atoms with Crippen molar-refractivity contribution in [3.63, 3.8) is 0 Å². The molecule has 4 amide bonds. The van der Waals surface area contributed by atoms with Gasteiger partial charge >= 0.3 is 0 Å². The zero-order valence-electron chi connectivity index (χ0n) is 16.4. The van der Waals surface area contributed by atoms with Crippen LogP contribution < -0.4 is 0 Å². The quantitative estimate of drug-likeness (QED) is 0.389. The summed E-state index contributed by atoms with van der Waals surface area (Å²) in [5, 5.41) is 12.8. The number of carbonyl (C=O) groups is 4. The van der Waals surface area contributed by atoms with Gasteiger partial charge in [-0.05, 0) is 17.5 Å². The molecule has 0 spiro atoms. The van der Waals surface area contributed by atoms with E-state index in [1.807, 2.05) is 17.5 Å².